The van der Waals surface area contributed by atoms with Crippen LogP contribution < -0.4 is 5.32 Å². The number of imide groups is 1. The summed E-state index contributed by atoms with van der Waals surface area (Å²) in [4.78, 5) is 38.1. The van der Waals surface area contributed by atoms with Crippen LogP contribution >= 0.6 is 11.6 Å². The van der Waals surface area contributed by atoms with Crippen LogP contribution in [0.1, 0.15) is 42.5 Å². The third kappa shape index (κ3) is 4.45. The van der Waals surface area contributed by atoms with E-state index in [2.05, 4.69) is 32.1 Å². The van der Waals surface area contributed by atoms with Crippen LogP contribution in [0.5, 0.6) is 0 Å². The van der Waals surface area contributed by atoms with E-state index in [-0.39, 0.29) is 5.91 Å². The Kier molecular flexibility index (Phi) is 6.67. The Labute approximate surface area is 193 Å². The minimum Gasteiger partial charge on any atom is -0.364 e. The molecule has 1 saturated heterocycles. The summed E-state index contributed by atoms with van der Waals surface area (Å²) in [5.41, 5.74) is 4.13. The SMILES string of the molecule is Cc1[nH]cc(C2=C(/C3=C(\Cl)C/C=N\C(N4CCCN(C)CCC4)=CC3)C(=O)NC2=O)c1C. The molecule has 2 amide bonds. The van der Waals surface area contributed by atoms with Gasteiger partial charge in [0.25, 0.3) is 11.8 Å². The van der Waals surface area contributed by atoms with Crippen LogP contribution in [0.2, 0.25) is 0 Å². The lowest BCUT2D eigenvalue weighted by atomic mass is 9.92. The molecule has 3 aliphatic rings. The number of carbonyl (C=O) groups is 2. The quantitative estimate of drug-likeness (QED) is 0.685. The fourth-order valence-corrected chi connectivity index (χ4v) is 4.76. The summed E-state index contributed by atoms with van der Waals surface area (Å²) in [5.74, 6) is 0.145. The van der Waals surface area contributed by atoms with E-state index in [4.69, 9.17) is 11.6 Å². The van der Waals surface area contributed by atoms with E-state index < -0.39 is 5.91 Å². The number of aromatic amines is 1. The first-order valence-electron chi connectivity index (χ1n) is 11.2. The second-order valence-corrected chi connectivity index (χ2v) is 9.10. The molecule has 1 aromatic rings. The maximum absolute atomic E-state index is 12.9. The van der Waals surface area contributed by atoms with Gasteiger partial charge in [-0.05, 0) is 70.5 Å². The van der Waals surface area contributed by atoms with Crippen LogP contribution in [0, 0.1) is 13.8 Å². The second kappa shape index (κ2) is 9.46. The summed E-state index contributed by atoms with van der Waals surface area (Å²) in [6, 6.07) is 0. The van der Waals surface area contributed by atoms with Crippen molar-refractivity contribution < 1.29 is 9.59 Å². The third-order valence-corrected chi connectivity index (χ3v) is 6.85. The largest absolute Gasteiger partial charge is 0.364 e. The minimum atomic E-state index is -0.391. The van der Waals surface area contributed by atoms with E-state index in [1.807, 2.05) is 19.9 Å². The Morgan fingerprint density at radius 3 is 2.34 bits per heavy atom. The van der Waals surface area contributed by atoms with Crippen molar-refractivity contribution >= 4 is 35.2 Å². The summed E-state index contributed by atoms with van der Waals surface area (Å²) in [6.07, 6.45) is 8.65. The summed E-state index contributed by atoms with van der Waals surface area (Å²) in [6.45, 7) is 7.91. The van der Waals surface area contributed by atoms with Gasteiger partial charge in [-0.15, -0.1) is 0 Å². The van der Waals surface area contributed by atoms with Gasteiger partial charge in [0, 0.05) is 48.2 Å². The number of aromatic nitrogens is 1. The van der Waals surface area contributed by atoms with Crippen LogP contribution in [-0.2, 0) is 9.59 Å². The van der Waals surface area contributed by atoms with E-state index >= 15 is 0 Å². The summed E-state index contributed by atoms with van der Waals surface area (Å²) in [7, 11) is 2.16. The van der Waals surface area contributed by atoms with Crippen LogP contribution in [0.4, 0.5) is 0 Å². The molecule has 0 atom stereocenters. The highest BCUT2D eigenvalue weighted by Crippen LogP contribution is 2.36. The topological polar surface area (TPSA) is 80.8 Å². The lowest BCUT2D eigenvalue weighted by Gasteiger charge is -2.30. The number of nitrogens with zero attached hydrogens (tertiary/aromatic N) is 3. The van der Waals surface area contributed by atoms with Crippen molar-refractivity contribution in [1.82, 2.24) is 20.1 Å². The number of H-pyrrole nitrogens is 1. The van der Waals surface area contributed by atoms with Crippen molar-refractivity contribution in [1.29, 1.82) is 0 Å². The van der Waals surface area contributed by atoms with Crippen LogP contribution in [0.25, 0.3) is 5.57 Å². The van der Waals surface area contributed by atoms with E-state index in [1.54, 1.807) is 12.4 Å². The zero-order valence-electron chi connectivity index (χ0n) is 18.9. The molecule has 2 N–H and O–H groups in total. The van der Waals surface area contributed by atoms with Crippen LogP contribution in [0.3, 0.4) is 0 Å². The Morgan fingerprint density at radius 1 is 1.00 bits per heavy atom. The standard InChI is InChI=1S/C24H30ClN5O2/c1-15-16(2)27-14-18(15)22-21(23(31)28-24(22)32)17-6-7-20(26-9-8-19(17)25)30-12-4-10-29(3)11-5-13-30/h7,9,14,27H,4-6,8,10-13H2,1-3H3,(H,28,31,32)/b19-17-,20-7?,26-9-. The summed E-state index contributed by atoms with van der Waals surface area (Å²) >= 11 is 6.65. The third-order valence-electron chi connectivity index (χ3n) is 6.47. The average molecular weight is 456 g/mol. The molecule has 4 rings (SSSR count). The number of hydrogen-bond donors (Lipinski definition) is 2. The first-order valence-corrected chi connectivity index (χ1v) is 11.5. The highest BCUT2D eigenvalue weighted by Gasteiger charge is 2.35. The van der Waals surface area contributed by atoms with Gasteiger partial charge >= 0.3 is 0 Å². The molecule has 32 heavy (non-hydrogen) atoms. The maximum Gasteiger partial charge on any atom is 0.259 e. The highest BCUT2D eigenvalue weighted by atomic mass is 35.5. The van der Waals surface area contributed by atoms with Gasteiger partial charge < -0.3 is 14.8 Å². The number of aliphatic imine (C=N–C) groups is 1. The van der Waals surface area contributed by atoms with E-state index in [1.165, 1.54) is 0 Å². The summed E-state index contributed by atoms with van der Waals surface area (Å²) < 4.78 is 0. The number of halogens is 1. The smallest absolute Gasteiger partial charge is 0.259 e. The van der Waals surface area contributed by atoms with Crippen molar-refractivity contribution in [2.45, 2.75) is 39.5 Å². The zero-order chi connectivity index (χ0) is 22.8. The number of aryl methyl sites for hydroxylation is 1. The van der Waals surface area contributed by atoms with Crippen molar-refractivity contribution in [3.63, 3.8) is 0 Å². The molecule has 0 aliphatic carbocycles. The molecule has 170 valence electrons. The lowest BCUT2D eigenvalue weighted by molar-refractivity contribution is -0.123. The Bertz CT molecular complexity index is 1050. The number of amides is 2. The molecule has 1 fully saturated rings. The predicted molar refractivity (Wildman–Crippen MR) is 127 cm³/mol. The molecule has 3 aliphatic heterocycles. The molecule has 0 spiro atoms. The van der Waals surface area contributed by atoms with Crippen molar-refractivity contribution in [3.05, 3.63) is 51.1 Å². The Morgan fingerprint density at radius 2 is 1.69 bits per heavy atom. The molecular formula is C24H30ClN5O2. The fourth-order valence-electron chi connectivity index (χ4n) is 4.52. The number of rotatable bonds is 3. The number of nitrogens with one attached hydrogen (secondary N) is 2. The van der Waals surface area contributed by atoms with Gasteiger partial charge in [-0.1, -0.05) is 11.6 Å². The fraction of sp³-hybridized carbons (Fsp3) is 0.458. The molecule has 7 nitrogen and oxygen atoms in total. The number of allylic oxidation sites excluding steroid dienone is 2. The predicted octanol–water partition coefficient (Wildman–Crippen LogP) is 3.27. The lowest BCUT2D eigenvalue weighted by Crippen LogP contribution is -2.34. The van der Waals surface area contributed by atoms with Gasteiger partial charge in [0.2, 0.25) is 0 Å². The molecule has 0 bridgehead atoms. The van der Waals surface area contributed by atoms with Crippen molar-refractivity contribution in [3.8, 4) is 0 Å². The molecule has 0 radical (unpaired) electrons. The molecule has 0 unspecified atom stereocenters. The average Bonchev–Trinajstić information content (AvgIpc) is 3.19. The van der Waals surface area contributed by atoms with Gasteiger partial charge in [0.05, 0.1) is 11.1 Å². The van der Waals surface area contributed by atoms with Crippen molar-refractivity contribution in [2.75, 3.05) is 33.2 Å². The summed E-state index contributed by atoms with van der Waals surface area (Å²) in [5, 5.41) is 3.01. The molecule has 8 heteroatoms. The van der Waals surface area contributed by atoms with E-state index in [0.29, 0.717) is 34.6 Å². The minimum absolute atomic E-state index is 0.377. The van der Waals surface area contributed by atoms with E-state index in [0.717, 1.165) is 61.7 Å². The molecule has 1 aromatic heterocycles. The molecule has 4 heterocycles. The normalized spacial score (nSPS) is 24.6. The van der Waals surface area contributed by atoms with Crippen molar-refractivity contribution in [2.24, 2.45) is 4.99 Å². The first kappa shape index (κ1) is 22.6. The van der Waals surface area contributed by atoms with Crippen LogP contribution in [-0.4, -0.2) is 66.0 Å². The Balaban J connectivity index is 1.70. The molecule has 0 aromatic carbocycles. The first-order chi connectivity index (χ1) is 15.4. The van der Waals surface area contributed by atoms with Gasteiger partial charge in [-0.2, -0.15) is 0 Å². The Hall–Kier alpha value is -2.64. The van der Waals surface area contributed by atoms with Gasteiger partial charge in [0.15, 0.2) is 0 Å². The van der Waals surface area contributed by atoms with Gasteiger partial charge in [0.1, 0.15) is 5.82 Å². The second-order valence-electron chi connectivity index (χ2n) is 8.65. The molecular weight excluding hydrogens is 426 g/mol. The number of carbonyl (C=O) groups excluding carboxylic acids is 2. The maximum atomic E-state index is 12.9. The molecule has 0 saturated carbocycles. The number of hydrogen-bond acceptors (Lipinski definition) is 5. The highest BCUT2D eigenvalue weighted by molar-refractivity contribution is 6.39. The van der Waals surface area contributed by atoms with Crippen LogP contribution in [0.15, 0.2) is 39.3 Å². The van der Waals surface area contributed by atoms with Gasteiger partial charge in [-0.3, -0.25) is 14.9 Å². The van der Waals surface area contributed by atoms with E-state index in [9.17, 15) is 9.59 Å². The zero-order valence-corrected chi connectivity index (χ0v) is 19.7. The van der Waals surface area contributed by atoms with Gasteiger partial charge in [-0.25, -0.2) is 4.99 Å². The monoisotopic (exact) mass is 455 g/mol.